The summed E-state index contributed by atoms with van der Waals surface area (Å²) >= 11 is 0. The standard InChI is InChI=1S/C25H27FN4O4/c1-15-19(25(33)30-9-2-3-17(13-22(31)32)24(30)27-15)8-12-29-10-6-16(7-11-29)23-20-5-4-18(26)14-21(20)34-28-23/h4-5,13-14,16H,2-3,6-12H2,1H3,(H,31,32)/b17-13+. The highest BCUT2D eigenvalue weighted by atomic mass is 19.1. The third-order valence-corrected chi connectivity index (χ3v) is 7.00. The minimum Gasteiger partial charge on any atom is -0.478 e. The number of piperidine rings is 1. The Morgan fingerprint density at radius 2 is 2.09 bits per heavy atom. The molecular formula is C25H27FN4O4. The molecular weight excluding hydrogens is 439 g/mol. The summed E-state index contributed by atoms with van der Waals surface area (Å²) < 4.78 is 20.4. The number of likely N-dealkylation sites (tertiary alicyclic amines) is 1. The van der Waals surface area contributed by atoms with Crippen LogP contribution in [0.1, 0.15) is 54.4 Å². The van der Waals surface area contributed by atoms with Gasteiger partial charge in [-0.2, -0.15) is 0 Å². The molecule has 5 rings (SSSR count). The second-order valence-corrected chi connectivity index (χ2v) is 9.14. The van der Waals surface area contributed by atoms with E-state index in [9.17, 15) is 14.0 Å². The summed E-state index contributed by atoms with van der Waals surface area (Å²) in [5.74, 6) is -0.601. The number of halogens is 1. The van der Waals surface area contributed by atoms with E-state index >= 15 is 0 Å². The predicted molar refractivity (Wildman–Crippen MR) is 124 cm³/mol. The van der Waals surface area contributed by atoms with Gasteiger partial charge in [-0.05, 0) is 64.3 Å². The molecule has 4 heterocycles. The summed E-state index contributed by atoms with van der Waals surface area (Å²) in [6.07, 6.45) is 4.95. The summed E-state index contributed by atoms with van der Waals surface area (Å²) in [6.45, 7) is 4.91. The van der Waals surface area contributed by atoms with Crippen molar-refractivity contribution in [3.8, 4) is 0 Å². The Hall–Kier alpha value is -3.33. The number of carboxylic acids is 1. The lowest BCUT2D eigenvalue weighted by Crippen LogP contribution is -2.37. The first-order valence-electron chi connectivity index (χ1n) is 11.7. The van der Waals surface area contributed by atoms with Gasteiger partial charge in [0.25, 0.3) is 5.56 Å². The molecule has 8 nitrogen and oxygen atoms in total. The summed E-state index contributed by atoms with van der Waals surface area (Å²) in [5, 5.41) is 14.2. The number of aryl methyl sites for hydroxylation is 1. The van der Waals surface area contributed by atoms with Crippen LogP contribution in [0.25, 0.3) is 16.5 Å². The molecule has 2 aromatic heterocycles. The van der Waals surface area contributed by atoms with Crippen LogP contribution in [0.5, 0.6) is 0 Å². The molecule has 0 aliphatic carbocycles. The van der Waals surface area contributed by atoms with Crippen molar-refractivity contribution in [2.45, 2.75) is 51.5 Å². The third-order valence-electron chi connectivity index (χ3n) is 7.00. The van der Waals surface area contributed by atoms with Crippen molar-refractivity contribution in [1.29, 1.82) is 0 Å². The zero-order valence-electron chi connectivity index (χ0n) is 19.1. The van der Waals surface area contributed by atoms with Gasteiger partial charge < -0.3 is 14.5 Å². The highest BCUT2D eigenvalue weighted by Gasteiger charge is 2.26. The Morgan fingerprint density at radius 3 is 2.85 bits per heavy atom. The van der Waals surface area contributed by atoms with E-state index in [4.69, 9.17) is 9.63 Å². The van der Waals surface area contributed by atoms with Crippen molar-refractivity contribution in [2.75, 3.05) is 19.6 Å². The van der Waals surface area contributed by atoms with Gasteiger partial charge in [-0.25, -0.2) is 14.2 Å². The fraction of sp³-hybridized carbons (Fsp3) is 0.440. The Labute approximate surface area is 195 Å². The Kier molecular flexibility index (Phi) is 6.03. The van der Waals surface area contributed by atoms with Crippen LogP contribution < -0.4 is 5.56 Å². The zero-order chi connectivity index (χ0) is 23.8. The van der Waals surface area contributed by atoms with Crippen LogP contribution in [0.4, 0.5) is 4.39 Å². The number of hydrogen-bond donors (Lipinski definition) is 1. The number of allylic oxidation sites excluding steroid dienone is 1. The SMILES string of the molecule is Cc1nc2n(c(=O)c1CCN1CCC(c3noc4cc(F)ccc34)CC1)CCC/C2=C\C(=O)O. The fourth-order valence-electron chi connectivity index (χ4n) is 5.19. The molecule has 1 aromatic carbocycles. The molecule has 0 amide bonds. The van der Waals surface area contributed by atoms with Crippen LogP contribution in [-0.2, 0) is 17.8 Å². The molecule has 1 N–H and O–H groups in total. The third kappa shape index (κ3) is 4.27. The first-order chi connectivity index (χ1) is 16.4. The minimum atomic E-state index is -1.02. The molecule has 0 saturated carbocycles. The monoisotopic (exact) mass is 466 g/mol. The molecule has 0 spiro atoms. The first kappa shape index (κ1) is 22.5. The van der Waals surface area contributed by atoms with E-state index in [1.807, 2.05) is 6.92 Å². The number of benzene rings is 1. The number of aliphatic carboxylic acids is 1. The number of nitrogens with zero attached hydrogens (tertiary/aromatic N) is 4. The highest BCUT2D eigenvalue weighted by Crippen LogP contribution is 2.33. The highest BCUT2D eigenvalue weighted by molar-refractivity contribution is 5.89. The smallest absolute Gasteiger partial charge is 0.328 e. The van der Waals surface area contributed by atoms with Crippen LogP contribution in [0.3, 0.4) is 0 Å². The van der Waals surface area contributed by atoms with Gasteiger partial charge in [0.2, 0.25) is 0 Å². The number of fused-ring (bicyclic) bond motifs is 2. The van der Waals surface area contributed by atoms with E-state index in [1.54, 1.807) is 10.6 Å². The number of carbonyl (C=O) groups is 1. The molecule has 0 unspecified atom stereocenters. The van der Waals surface area contributed by atoms with Crippen LogP contribution >= 0.6 is 0 Å². The topological polar surface area (TPSA) is 101 Å². The maximum Gasteiger partial charge on any atom is 0.328 e. The van der Waals surface area contributed by atoms with Crippen LogP contribution in [-0.4, -0.2) is 50.3 Å². The van der Waals surface area contributed by atoms with Gasteiger partial charge in [0.15, 0.2) is 5.58 Å². The van der Waals surface area contributed by atoms with Crippen molar-refractivity contribution in [3.63, 3.8) is 0 Å². The maximum atomic E-state index is 13.4. The summed E-state index contributed by atoms with van der Waals surface area (Å²) in [5.41, 5.74) is 3.30. The van der Waals surface area contributed by atoms with Gasteiger partial charge in [0.1, 0.15) is 11.6 Å². The molecule has 0 atom stereocenters. The van der Waals surface area contributed by atoms with Gasteiger partial charge in [-0.15, -0.1) is 0 Å². The van der Waals surface area contributed by atoms with E-state index in [0.717, 1.165) is 56.1 Å². The van der Waals surface area contributed by atoms with Crippen LogP contribution in [0.2, 0.25) is 0 Å². The molecule has 1 fully saturated rings. The molecule has 2 aliphatic heterocycles. The molecule has 0 bridgehead atoms. The number of carboxylic acid groups (broad SMARTS) is 1. The zero-order valence-corrected chi connectivity index (χ0v) is 19.1. The molecule has 9 heteroatoms. The van der Waals surface area contributed by atoms with Gasteiger partial charge in [0, 0.05) is 53.4 Å². The largest absolute Gasteiger partial charge is 0.478 e. The summed E-state index contributed by atoms with van der Waals surface area (Å²) in [7, 11) is 0. The Balaban J connectivity index is 1.26. The second-order valence-electron chi connectivity index (χ2n) is 9.14. The van der Waals surface area contributed by atoms with E-state index in [0.29, 0.717) is 47.6 Å². The molecule has 3 aromatic rings. The van der Waals surface area contributed by atoms with Crippen molar-refractivity contribution < 1.29 is 18.8 Å². The Bertz CT molecular complexity index is 1330. The van der Waals surface area contributed by atoms with E-state index in [2.05, 4.69) is 15.0 Å². The van der Waals surface area contributed by atoms with Gasteiger partial charge in [-0.1, -0.05) is 5.16 Å². The van der Waals surface area contributed by atoms with Crippen LogP contribution in [0, 0.1) is 12.7 Å². The first-order valence-corrected chi connectivity index (χ1v) is 11.7. The normalized spacial score (nSPS) is 18.5. The average molecular weight is 467 g/mol. The van der Waals surface area contributed by atoms with E-state index in [-0.39, 0.29) is 17.3 Å². The summed E-state index contributed by atoms with van der Waals surface area (Å²) in [4.78, 5) is 31.3. The van der Waals surface area contributed by atoms with E-state index in [1.165, 1.54) is 12.1 Å². The van der Waals surface area contributed by atoms with Gasteiger partial charge in [-0.3, -0.25) is 9.36 Å². The van der Waals surface area contributed by atoms with Crippen LogP contribution in [0.15, 0.2) is 33.6 Å². The number of hydrogen-bond acceptors (Lipinski definition) is 6. The van der Waals surface area contributed by atoms with Gasteiger partial charge in [0.05, 0.1) is 5.69 Å². The lowest BCUT2D eigenvalue weighted by atomic mass is 9.91. The quantitative estimate of drug-likeness (QED) is 0.574. The van der Waals surface area contributed by atoms with Crippen molar-refractivity contribution >= 4 is 22.5 Å². The lowest BCUT2D eigenvalue weighted by Gasteiger charge is -2.31. The van der Waals surface area contributed by atoms with E-state index < -0.39 is 5.97 Å². The molecule has 1 saturated heterocycles. The number of aromatic nitrogens is 3. The fourth-order valence-corrected chi connectivity index (χ4v) is 5.19. The second kappa shape index (κ2) is 9.13. The molecule has 34 heavy (non-hydrogen) atoms. The molecule has 0 radical (unpaired) electrons. The lowest BCUT2D eigenvalue weighted by molar-refractivity contribution is -0.131. The van der Waals surface area contributed by atoms with Crippen molar-refractivity contribution in [2.24, 2.45) is 0 Å². The minimum absolute atomic E-state index is 0.0605. The maximum absolute atomic E-state index is 13.4. The number of rotatable bonds is 5. The average Bonchev–Trinajstić information content (AvgIpc) is 3.22. The Morgan fingerprint density at radius 1 is 1.29 bits per heavy atom. The summed E-state index contributed by atoms with van der Waals surface area (Å²) in [6, 6.07) is 4.54. The van der Waals surface area contributed by atoms with Crippen molar-refractivity contribution in [1.82, 2.24) is 19.6 Å². The molecule has 2 aliphatic rings. The predicted octanol–water partition coefficient (Wildman–Crippen LogP) is 3.52. The van der Waals surface area contributed by atoms with Gasteiger partial charge >= 0.3 is 5.97 Å². The molecule has 178 valence electrons. The van der Waals surface area contributed by atoms with Crippen molar-refractivity contribution in [3.05, 3.63) is 63.2 Å².